The van der Waals surface area contributed by atoms with Crippen molar-refractivity contribution in [2.75, 3.05) is 0 Å². The highest BCUT2D eigenvalue weighted by Gasteiger charge is 2.38. The van der Waals surface area contributed by atoms with Crippen molar-refractivity contribution in [3.63, 3.8) is 0 Å². The van der Waals surface area contributed by atoms with E-state index in [1.807, 2.05) is 36.4 Å². The number of ether oxygens (including phenoxy) is 1. The molecule has 2 heterocycles. The molecule has 1 aromatic heterocycles. The molecular weight excluding hydrogens is 367 g/mol. The monoisotopic (exact) mass is 380 g/mol. The van der Waals surface area contributed by atoms with Gasteiger partial charge in [-0.1, -0.05) is 35.9 Å². The first-order valence-electron chi connectivity index (χ1n) is 8.19. The highest BCUT2D eigenvalue weighted by molar-refractivity contribution is 6.31. The van der Waals surface area contributed by atoms with E-state index in [-0.39, 0.29) is 22.0 Å². The lowest BCUT2D eigenvalue weighted by Crippen LogP contribution is -2.22. The Morgan fingerprint density at radius 3 is 2.59 bits per heavy atom. The van der Waals surface area contributed by atoms with Crippen LogP contribution in [0.3, 0.4) is 0 Å². The topological polar surface area (TPSA) is 76.9 Å². The van der Waals surface area contributed by atoms with Gasteiger partial charge >= 0.3 is 0 Å². The van der Waals surface area contributed by atoms with Crippen LogP contribution in [0.1, 0.15) is 22.7 Å². The normalized spacial score (nSPS) is 15.9. The van der Waals surface area contributed by atoms with Crippen molar-refractivity contribution in [2.24, 2.45) is 5.73 Å². The van der Waals surface area contributed by atoms with Crippen LogP contribution in [-0.4, -0.2) is 9.78 Å². The minimum atomic E-state index is -0.801. The third-order valence-corrected chi connectivity index (χ3v) is 4.85. The summed E-state index contributed by atoms with van der Waals surface area (Å²) in [6.07, 6.45) is 0. The Hall–Kier alpha value is -3.30. The lowest BCUT2D eigenvalue weighted by molar-refractivity contribution is 0.366. The maximum atomic E-state index is 14.7. The van der Waals surface area contributed by atoms with Crippen molar-refractivity contribution in [1.82, 2.24) is 9.78 Å². The first-order valence-corrected chi connectivity index (χ1v) is 8.57. The zero-order chi connectivity index (χ0) is 19.1. The van der Waals surface area contributed by atoms with Gasteiger partial charge < -0.3 is 10.5 Å². The molecule has 0 bridgehead atoms. The van der Waals surface area contributed by atoms with Crippen LogP contribution < -0.4 is 10.5 Å². The van der Waals surface area contributed by atoms with Gasteiger partial charge in [-0.2, -0.15) is 10.4 Å². The second-order valence-corrected chi connectivity index (χ2v) is 6.52. The van der Waals surface area contributed by atoms with Gasteiger partial charge in [0.25, 0.3) is 0 Å². The minimum Gasteiger partial charge on any atom is -0.422 e. The molecule has 3 aromatic rings. The Balaban J connectivity index is 2.02. The number of aryl methyl sites for hydroxylation is 1. The van der Waals surface area contributed by atoms with Crippen LogP contribution in [0.2, 0.25) is 5.02 Å². The summed E-state index contributed by atoms with van der Waals surface area (Å²) in [6.45, 7) is 1.78. The van der Waals surface area contributed by atoms with E-state index in [9.17, 15) is 9.65 Å². The molecule has 4 rings (SSSR count). The molecule has 0 saturated heterocycles. The number of benzene rings is 2. The highest BCUT2D eigenvalue weighted by Crippen LogP contribution is 2.46. The van der Waals surface area contributed by atoms with Crippen molar-refractivity contribution in [3.05, 3.63) is 87.6 Å². The van der Waals surface area contributed by atoms with Gasteiger partial charge in [-0.25, -0.2) is 9.07 Å². The molecule has 0 saturated carbocycles. The molecule has 0 fully saturated rings. The number of halogens is 2. The van der Waals surface area contributed by atoms with Gasteiger partial charge in [-0.05, 0) is 31.2 Å². The van der Waals surface area contributed by atoms with E-state index in [0.29, 0.717) is 17.1 Å². The van der Waals surface area contributed by atoms with Crippen LogP contribution in [-0.2, 0) is 0 Å². The fourth-order valence-corrected chi connectivity index (χ4v) is 3.61. The first-order chi connectivity index (χ1) is 13.0. The number of aromatic nitrogens is 2. The molecule has 1 atom stereocenters. The number of nitrogens with two attached hydrogens (primary N) is 1. The molecule has 1 unspecified atom stereocenters. The van der Waals surface area contributed by atoms with E-state index in [4.69, 9.17) is 22.1 Å². The van der Waals surface area contributed by atoms with Gasteiger partial charge in [0.1, 0.15) is 17.5 Å². The predicted octanol–water partition coefficient (Wildman–Crippen LogP) is 4.19. The smallest absolute Gasteiger partial charge is 0.229 e. The van der Waals surface area contributed by atoms with Crippen LogP contribution in [0.5, 0.6) is 5.88 Å². The molecule has 0 radical (unpaired) electrons. The summed E-state index contributed by atoms with van der Waals surface area (Å²) in [5.74, 6) is -1.07. The third kappa shape index (κ3) is 2.64. The van der Waals surface area contributed by atoms with E-state index < -0.39 is 11.7 Å². The average Bonchev–Trinajstić information content (AvgIpc) is 2.98. The quantitative estimate of drug-likeness (QED) is 0.723. The van der Waals surface area contributed by atoms with Crippen LogP contribution in [0, 0.1) is 24.1 Å². The van der Waals surface area contributed by atoms with Crippen molar-refractivity contribution in [2.45, 2.75) is 12.8 Å². The summed E-state index contributed by atoms with van der Waals surface area (Å²) in [5, 5.41) is 14.4. The molecule has 7 heteroatoms. The number of rotatable bonds is 2. The number of fused-ring (bicyclic) bond motifs is 1. The van der Waals surface area contributed by atoms with Crippen molar-refractivity contribution < 1.29 is 9.13 Å². The van der Waals surface area contributed by atoms with Gasteiger partial charge in [0.05, 0.1) is 22.9 Å². The fraction of sp³-hybridized carbons (Fsp3) is 0.100. The second-order valence-electron chi connectivity index (χ2n) is 6.11. The van der Waals surface area contributed by atoms with Crippen LogP contribution in [0.4, 0.5) is 4.39 Å². The third-order valence-electron chi connectivity index (χ3n) is 4.52. The van der Waals surface area contributed by atoms with Gasteiger partial charge in [-0.15, -0.1) is 0 Å². The Kier molecular flexibility index (Phi) is 4.09. The molecule has 5 nitrogen and oxygen atoms in total. The van der Waals surface area contributed by atoms with Crippen molar-refractivity contribution in [1.29, 1.82) is 5.26 Å². The molecule has 0 amide bonds. The predicted molar refractivity (Wildman–Crippen MR) is 99.0 cm³/mol. The van der Waals surface area contributed by atoms with Gasteiger partial charge in [0, 0.05) is 10.6 Å². The molecule has 0 spiro atoms. The Bertz CT molecular complexity index is 1090. The van der Waals surface area contributed by atoms with Crippen molar-refractivity contribution >= 4 is 11.6 Å². The number of hydrogen-bond acceptors (Lipinski definition) is 4. The summed E-state index contributed by atoms with van der Waals surface area (Å²) < 4.78 is 22.0. The molecular formula is C20H14ClFN4O. The maximum Gasteiger partial charge on any atom is 0.229 e. The van der Waals surface area contributed by atoms with Gasteiger partial charge in [-0.3, -0.25) is 0 Å². The SMILES string of the molecule is Cc1nn(-c2ccccc2)c2c1C(c1c(F)cccc1Cl)C(C#N)=C(N)O2. The Labute approximate surface area is 160 Å². The molecule has 134 valence electrons. The lowest BCUT2D eigenvalue weighted by Gasteiger charge is -2.25. The molecule has 27 heavy (non-hydrogen) atoms. The molecule has 1 aliphatic heterocycles. The zero-order valence-electron chi connectivity index (χ0n) is 14.3. The highest BCUT2D eigenvalue weighted by atomic mass is 35.5. The van der Waals surface area contributed by atoms with E-state index >= 15 is 0 Å². The Morgan fingerprint density at radius 2 is 1.93 bits per heavy atom. The lowest BCUT2D eigenvalue weighted by atomic mass is 9.84. The molecule has 2 N–H and O–H groups in total. The number of allylic oxidation sites excluding steroid dienone is 1. The summed E-state index contributed by atoms with van der Waals surface area (Å²) in [6, 6.07) is 15.8. The second kappa shape index (κ2) is 6.45. The van der Waals surface area contributed by atoms with Gasteiger partial charge in [0.2, 0.25) is 11.8 Å². The van der Waals surface area contributed by atoms with E-state index in [0.717, 1.165) is 5.69 Å². The standard InChI is InChI=1S/C20H14ClFN4O/c1-11-16-17(18-14(21)8-5-9-15(18)22)13(10-23)19(24)27-20(16)26(25-11)12-6-3-2-4-7-12/h2-9,17H,24H2,1H3. The summed E-state index contributed by atoms with van der Waals surface area (Å²) >= 11 is 6.29. The first kappa shape index (κ1) is 17.1. The van der Waals surface area contributed by atoms with Crippen LogP contribution in [0.25, 0.3) is 5.69 Å². The van der Waals surface area contributed by atoms with Crippen molar-refractivity contribution in [3.8, 4) is 17.6 Å². The zero-order valence-corrected chi connectivity index (χ0v) is 15.0. The summed E-state index contributed by atoms with van der Waals surface area (Å²) in [7, 11) is 0. The fourth-order valence-electron chi connectivity index (χ4n) is 3.33. The van der Waals surface area contributed by atoms with Crippen LogP contribution >= 0.6 is 11.6 Å². The van der Waals surface area contributed by atoms with Gasteiger partial charge in [0.15, 0.2) is 0 Å². The largest absolute Gasteiger partial charge is 0.422 e. The molecule has 0 aliphatic carbocycles. The number of nitriles is 1. The molecule has 1 aliphatic rings. The van der Waals surface area contributed by atoms with E-state index in [1.165, 1.54) is 12.1 Å². The van der Waals surface area contributed by atoms with E-state index in [1.54, 1.807) is 17.7 Å². The van der Waals surface area contributed by atoms with Crippen LogP contribution in [0.15, 0.2) is 60.0 Å². The number of hydrogen-bond donors (Lipinski definition) is 1. The number of nitrogens with zero attached hydrogens (tertiary/aromatic N) is 3. The Morgan fingerprint density at radius 1 is 1.19 bits per heavy atom. The number of para-hydroxylation sites is 1. The molecule has 2 aromatic carbocycles. The average molecular weight is 381 g/mol. The summed E-state index contributed by atoms with van der Waals surface area (Å²) in [5.41, 5.74) is 8.22. The summed E-state index contributed by atoms with van der Waals surface area (Å²) in [4.78, 5) is 0. The maximum absolute atomic E-state index is 14.7. The minimum absolute atomic E-state index is 0.0913. The van der Waals surface area contributed by atoms with E-state index in [2.05, 4.69) is 5.10 Å².